The van der Waals surface area contributed by atoms with Crippen LogP contribution in [0.15, 0.2) is 24.3 Å². The molecule has 1 heterocycles. The number of carbonyl (C=O) groups excluding carboxylic acids is 1. The lowest BCUT2D eigenvalue weighted by Crippen LogP contribution is -2.47. The summed E-state index contributed by atoms with van der Waals surface area (Å²) in [5, 5.41) is 11.3. The third kappa shape index (κ3) is 2.96. The van der Waals surface area contributed by atoms with Crippen molar-refractivity contribution in [1.82, 2.24) is 5.32 Å². The number of carboxylic acids is 1. The van der Waals surface area contributed by atoms with Crippen LogP contribution in [-0.4, -0.2) is 36.3 Å². The first-order chi connectivity index (χ1) is 9.09. The summed E-state index contributed by atoms with van der Waals surface area (Å²) in [6.07, 6.45) is 0.698. The van der Waals surface area contributed by atoms with Crippen molar-refractivity contribution < 1.29 is 19.4 Å². The molecular formula is C13H16N2O4. The summed E-state index contributed by atoms with van der Waals surface area (Å²) in [5.74, 6) is -0.425. The summed E-state index contributed by atoms with van der Waals surface area (Å²) >= 11 is 0. The molecule has 2 N–H and O–H groups in total. The number of nitrogens with one attached hydrogen (secondary N) is 1. The molecule has 1 atom stereocenters. The van der Waals surface area contributed by atoms with Gasteiger partial charge in [-0.1, -0.05) is 12.1 Å². The van der Waals surface area contributed by atoms with Gasteiger partial charge in [-0.2, -0.15) is 0 Å². The molecule has 0 unspecified atom stereocenters. The summed E-state index contributed by atoms with van der Waals surface area (Å²) in [4.78, 5) is 24.4. The second-order valence-electron chi connectivity index (χ2n) is 4.33. The van der Waals surface area contributed by atoms with Crippen LogP contribution in [0.1, 0.15) is 13.3 Å². The van der Waals surface area contributed by atoms with Crippen LogP contribution < -0.4 is 15.0 Å². The first-order valence-corrected chi connectivity index (χ1v) is 6.12. The van der Waals surface area contributed by atoms with E-state index in [9.17, 15) is 9.59 Å². The first-order valence-electron chi connectivity index (χ1n) is 6.12. The van der Waals surface area contributed by atoms with Crippen molar-refractivity contribution in [3.63, 3.8) is 0 Å². The molecule has 1 aromatic rings. The van der Waals surface area contributed by atoms with Crippen LogP contribution in [0.5, 0.6) is 5.75 Å². The van der Waals surface area contributed by atoms with Gasteiger partial charge < -0.3 is 15.2 Å². The van der Waals surface area contributed by atoms with E-state index < -0.39 is 18.0 Å². The van der Waals surface area contributed by atoms with Crippen molar-refractivity contribution in [1.29, 1.82) is 0 Å². The quantitative estimate of drug-likeness (QED) is 0.847. The van der Waals surface area contributed by atoms with Crippen LogP contribution in [-0.2, 0) is 4.79 Å². The number of urea groups is 1. The lowest BCUT2D eigenvalue weighted by atomic mass is 10.2. The highest BCUT2D eigenvalue weighted by Crippen LogP contribution is 2.30. The summed E-state index contributed by atoms with van der Waals surface area (Å²) in [5.41, 5.74) is 0.662. The smallest absolute Gasteiger partial charge is 0.325 e. The molecule has 2 amide bonds. The van der Waals surface area contributed by atoms with Gasteiger partial charge in [-0.3, -0.25) is 9.69 Å². The number of carboxylic acid groups (broad SMARTS) is 1. The van der Waals surface area contributed by atoms with E-state index in [-0.39, 0.29) is 0 Å². The number of para-hydroxylation sites is 2. The monoisotopic (exact) mass is 264 g/mol. The van der Waals surface area contributed by atoms with Gasteiger partial charge in [0, 0.05) is 6.54 Å². The fraction of sp³-hybridized carbons (Fsp3) is 0.385. The third-order valence-electron chi connectivity index (χ3n) is 2.90. The minimum absolute atomic E-state index is 0.423. The van der Waals surface area contributed by atoms with Crippen molar-refractivity contribution in [2.75, 3.05) is 18.1 Å². The largest absolute Gasteiger partial charge is 0.491 e. The van der Waals surface area contributed by atoms with Gasteiger partial charge in [0.2, 0.25) is 0 Å². The molecule has 1 aromatic carbocycles. The Balaban J connectivity index is 2.19. The zero-order valence-corrected chi connectivity index (χ0v) is 10.6. The lowest BCUT2D eigenvalue weighted by Gasteiger charge is -2.23. The molecule has 0 aliphatic carbocycles. The fourth-order valence-corrected chi connectivity index (χ4v) is 1.86. The standard InChI is InChI=1S/C13H16N2O4/c1-9(12(16)17)14-13(18)15-7-4-8-19-11-6-3-2-5-10(11)15/h2-3,5-6,9H,4,7-8H2,1H3,(H,14,18)(H,16,17)/t9-/m0/s1. The van der Waals surface area contributed by atoms with Crippen molar-refractivity contribution in [3.05, 3.63) is 24.3 Å². The Labute approximate surface area is 111 Å². The number of carbonyl (C=O) groups is 2. The Morgan fingerprint density at radius 2 is 2.16 bits per heavy atom. The van der Waals surface area contributed by atoms with E-state index in [1.807, 2.05) is 12.1 Å². The fourth-order valence-electron chi connectivity index (χ4n) is 1.86. The lowest BCUT2D eigenvalue weighted by molar-refractivity contribution is -0.138. The Hall–Kier alpha value is -2.24. The molecule has 19 heavy (non-hydrogen) atoms. The summed E-state index contributed by atoms with van der Waals surface area (Å²) in [6, 6.07) is 5.87. The average Bonchev–Trinajstić information content (AvgIpc) is 2.60. The number of fused-ring (bicyclic) bond motifs is 1. The summed E-state index contributed by atoms with van der Waals surface area (Å²) in [7, 11) is 0. The second kappa shape index (κ2) is 5.60. The number of aliphatic carboxylic acids is 1. The molecule has 0 radical (unpaired) electrons. The van der Waals surface area contributed by atoms with Gasteiger partial charge in [-0.05, 0) is 25.5 Å². The van der Waals surface area contributed by atoms with Crippen LogP contribution in [0, 0.1) is 0 Å². The van der Waals surface area contributed by atoms with Gasteiger partial charge in [0.1, 0.15) is 11.8 Å². The molecule has 6 nitrogen and oxygen atoms in total. The molecule has 0 saturated carbocycles. The van der Waals surface area contributed by atoms with Gasteiger partial charge in [-0.15, -0.1) is 0 Å². The number of rotatable bonds is 2. The number of amides is 2. The first kappa shape index (κ1) is 13.2. The molecule has 1 aliphatic rings. The van der Waals surface area contributed by atoms with E-state index in [2.05, 4.69) is 5.32 Å². The van der Waals surface area contributed by atoms with E-state index in [0.717, 1.165) is 0 Å². The molecule has 1 aliphatic heterocycles. The molecule has 0 fully saturated rings. The number of hydrogen-bond acceptors (Lipinski definition) is 3. The van der Waals surface area contributed by atoms with E-state index in [1.165, 1.54) is 11.8 Å². The second-order valence-corrected chi connectivity index (χ2v) is 4.33. The van der Waals surface area contributed by atoms with Crippen LogP contribution in [0.3, 0.4) is 0 Å². The Morgan fingerprint density at radius 3 is 2.89 bits per heavy atom. The van der Waals surface area contributed by atoms with Gasteiger partial charge in [-0.25, -0.2) is 4.79 Å². The molecule has 0 spiro atoms. The van der Waals surface area contributed by atoms with Crippen LogP contribution in [0.4, 0.5) is 10.5 Å². The predicted octanol–water partition coefficient (Wildman–Crippen LogP) is 1.46. The van der Waals surface area contributed by atoms with E-state index in [4.69, 9.17) is 9.84 Å². The number of nitrogens with zero attached hydrogens (tertiary/aromatic N) is 1. The number of benzene rings is 1. The Kier molecular flexibility index (Phi) is 3.89. The van der Waals surface area contributed by atoms with Crippen LogP contribution >= 0.6 is 0 Å². The van der Waals surface area contributed by atoms with Gasteiger partial charge in [0.05, 0.1) is 12.3 Å². The normalized spacial score (nSPS) is 15.7. The molecule has 102 valence electrons. The molecule has 0 saturated heterocycles. The SMILES string of the molecule is C[C@H](NC(=O)N1CCCOc2ccccc21)C(=O)O. The van der Waals surface area contributed by atoms with E-state index in [1.54, 1.807) is 12.1 Å². The van der Waals surface area contributed by atoms with Crippen molar-refractivity contribution in [3.8, 4) is 5.75 Å². The maximum Gasteiger partial charge on any atom is 0.325 e. The molecule has 0 bridgehead atoms. The molecule has 0 aromatic heterocycles. The minimum atomic E-state index is -1.06. The zero-order valence-electron chi connectivity index (χ0n) is 10.6. The highest BCUT2D eigenvalue weighted by atomic mass is 16.5. The Morgan fingerprint density at radius 1 is 1.42 bits per heavy atom. The van der Waals surface area contributed by atoms with Gasteiger partial charge in [0.25, 0.3) is 0 Å². The number of anilines is 1. The molecule has 6 heteroatoms. The van der Waals surface area contributed by atoms with Gasteiger partial charge in [0.15, 0.2) is 0 Å². The highest BCUT2D eigenvalue weighted by molar-refractivity contribution is 5.95. The summed E-state index contributed by atoms with van der Waals surface area (Å²) in [6.45, 7) is 2.46. The minimum Gasteiger partial charge on any atom is -0.491 e. The highest BCUT2D eigenvalue weighted by Gasteiger charge is 2.24. The maximum absolute atomic E-state index is 12.1. The third-order valence-corrected chi connectivity index (χ3v) is 2.90. The topological polar surface area (TPSA) is 78.9 Å². The Bertz CT molecular complexity index is 489. The molecule has 2 rings (SSSR count). The van der Waals surface area contributed by atoms with Crippen molar-refractivity contribution in [2.24, 2.45) is 0 Å². The predicted molar refractivity (Wildman–Crippen MR) is 69.5 cm³/mol. The van der Waals surface area contributed by atoms with Crippen molar-refractivity contribution >= 4 is 17.7 Å². The van der Waals surface area contributed by atoms with E-state index >= 15 is 0 Å². The number of hydrogen-bond donors (Lipinski definition) is 2. The maximum atomic E-state index is 12.1. The van der Waals surface area contributed by atoms with Crippen LogP contribution in [0.25, 0.3) is 0 Å². The number of ether oxygens (including phenoxy) is 1. The van der Waals surface area contributed by atoms with Crippen molar-refractivity contribution in [2.45, 2.75) is 19.4 Å². The van der Waals surface area contributed by atoms with Crippen LogP contribution in [0.2, 0.25) is 0 Å². The van der Waals surface area contributed by atoms with E-state index in [0.29, 0.717) is 31.0 Å². The molecular weight excluding hydrogens is 248 g/mol. The zero-order chi connectivity index (χ0) is 13.8. The average molecular weight is 264 g/mol. The van der Waals surface area contributed by atoms with Gasteiger partial charge >= 0.3 is 12.0 Å². The summed E-state index contributed by atoms with van der Waals surface area (Å²) < 4.78 is 5.54.